The fourth-order valence-electron chi connectivity index (χ4n) is 2.11. The van der Waals surface area contributed by atoms with Gasteiger partial charge in [-0.1, -0.05) is 5.16 Å². The number of aryl methyl sites for hydroxylation is 3. The quantitative estimate of drug-likeness (QED) is 0.826. The van der Waals surface area contributed by atoms with E-state index in [1.165, 1.54) is 0 Å². The smallest absolute Gasteiger partial charge is 0.341 e. The SMILES string of the molecule is Cc1noc(CNC(=O)c2cc(C)c(OCC(=O)O)c(C)c2)n1. The molecule has 0 atom stereocenters. The third-order valence-electron chi connectivity index (χ3n) is 3.03. The van der Waals surface area contributed by atoms with Crippen LogP contribution in [0.3, 0.4) is 0 Å². The zero-order chi connectivity index (χ0) is 17.0. The van der Waals surface area contributed by atoms with Crippen LogP contribution in [0.25, 0.3) is 0 Å². The van der Waals surface area contributed by atoms with E-state index in [9.17, 15) is 9.59 Å². The third-order valence-corrected chi connectivity index (χ3v) is 3.03. The second kappa shape index (κ2) is 6.91. The lowest BCUT2D eigenvalue weighted by Gasteiger charge is -2.12. The molecule has 0 unspecified atom stereocenters. The van der Waals surface area contributed by atoms with E-state index < -0.39 is 12.6 Å². The van der Waals surface area contributed by atoms with Gasteiger partial charge in [0.05, 0.1) is 6.54 Å². The maximum atomic E-state index is 12.2. The molecule has 8 nitrogen and oxygen atoms in total. The normalized spacial score (nSPS) is 10.4. The summed E-state index contributed by atoms with van der Waals surface area (Å²) >= 11 is 0. The summed E-state index contributed by atoms with van der Waals surface area (Å²) in [5, 5.41) is 15.0. The van der Waals surface area contributed by atoms with Crippen molar-refractivity contribution < 1.29 is 24.0 Å². The van der Waals surface area contributed by atoms with Crippen LogP contribution >= 0.6 is 0 Å². The molecule has 8 heteroatoms. The zero-order valence-electron chi connectivity index (χ0n) is 13.0. The van der Waals surface area contributed by atoms with Crippen LogP contribution in [0.15, 0.2) is 16.7 Å². The van der Waals surface area contributed by atoms with Gasteiger partial charge in [0, 0.05) is 5.56 Å². The van der Waals surface area contributed by atoms with Crippen LogP contribution in [-0.4, -0.2) is 33.7 Å². The average molecular weight is 319 g/mol. The Hall–Kier alpha value is -2.90. The highest BCUT2D eigenvalue weighted by atomic mass is 16.5. The maximum absolute atomic E-state index is 12.2. The van der Waals surface area contributed by atoms with Crippen molar-refractivity contribution in [2.75, 3.05) is 6.61 Å². The number of aliphatic carboxylic acids is 1. The van der Waals surface area contributed by atoms with E-state index in [-0.39, 0.29) is 12.5 Å². The van der Waals surface area contributed by atoms with E-state index >= 15 is 0 Å². The molecule has 1 aromatic heterocycles. The van der Waals surface area contributed by atoms with Gasteiger partial charge in [0.15, 0.2) is 12.4 Å². The molecular weight excluding hydrogens is 302 g/mol. The Morgan fingerprint density at radius 3 is 2.43 bits per heavy atom. The fraction of sp³-hybridized carbons (Fsp3) is 0.333. The molecule has 2 N–H and O–H groups in total. The van der Waals surface area contributed by atoms with Gasteiger partial charge in [-0.15, -0.1) is 0 Å². The number of carbonyl (C=O) groups is 2. The number of ether oxygens (including phenoxy) is 1. The summed E-state index contributed by atoms with van der Waals surface area (Å²) in [5.74, 6) is -0.0552. The second-order valence-electron chi connectivity index (χ2n) is 5.04. The number of amides is 1. The Morgan fingerprint density at radius 2 is 1.91 bits per heavy atom. The van der Waals surface area contributed by atoms with Crippen molar-refractivity contribution in [2.24, 2.45) is 0 Å². The molecule has 1 heterocycles. The summed E-state index contributed by atoms with van der Waals surface area (Å²) in [6, 6.07) is 3.27. The van der Waals surface area contributed by atoms with Crippen LogP contribution in [0.4, 0.5) is 0 Å². The number of hydrogen-bond donors (Lipinski definition) is 2. The summed E-state index contributed by atoms with van der Waals surface area (Å²) in [6.45, 7) is 4.90. The van der Waals surface area contributed by atoms with E-state index in [1.54, 1.807) is 32.9 Å². The van der Waals surface area contributed by atoms with Gasteiger partial charge in [0.2, 0.25) is 5.89 Å². The molecule has 0 fully saturated rings. The molecule has 0 spiro atoms. The monoisotopic (exact) mass is 319 g/mol. The number of carboxylic acids is 1. The molecule has 0 saturated heterocycles. The summed E-state index contributed by atoms with van der Waals surface area (Å²) in [6.07, 6.45) is 0. The number of nitrogens with zero attached hydrogens (tertiary/aromatic N) is 2. The van der Waals surface area contributed by atoms with Gasteiger partial charge >= 0.3 is 5.97 Å². The molecule has 122 valence electrons. The molecule has 1 amide bonds. The van der Waals surface area contributed by atoms with Gasteiger partial charge in [-0.25, -0.2) is 4.79 Å². The summed E-state index contributed by atoms with van der Waals surface area (Å²) < 4.78 is 10.2. The molecular formula is C15H17N3O5. The van der Waals surface area contributed by atoms with Crippen molar-refractivity contribution >= 4 is 11.9 Å². The predicted molar refractivity (Wildman–Crippen MR) is 79.3 cm³/mol. The fourth-order valence-corrected chi connectivity index (χ4v) is 2.11. The van der Waals surface area contributed by atoms with E-state index in [4.69, 9.17) is 14.4 Å². The number of carboxylic acid groups (broad SMARTS) is 1. The number of carbonyl (C=O) groups excluding carboxylic acids is 1. The lowest BCUT2D eigenvalue weighted by atomic mass is 10.1. The lowest BCUT2D eigenvalue weighted by Crippen LogP contribution is -2.23. The minimum Gasteiger partial charge on any atom is -0.481 e. The van der Waals surface area contributed by atoms with E-state index in [0.717, 1.165) is 0 Å². The van der Waals surface area contributed by atoms with Crippen molar-refractivity contribution in [2.45, 2.75) is 27.3 Å². The Labute approximate surface area is 132 Å². The van der Waals surface area contributed by atoms with Crippen LogP contribution in [0.1, 0.15) is 33.2 Å². The minimum absolute atomic E-state index is 0.134. The number of rotatable bonds is 6. The third kappa shape index (κ3) is 4.29. The average Bonchev–Trinajstić information content (AvgIpc) is 2.89. The van der Waals surface area contributed by atoms with E-state index in [2.05, 4.69) is 15.5 Å². The van der Waals surface area contributed by atoms with Gasteiger partial charge in [0.1, 0.15) is 5.75 Å². The van der Waals surface area contributed by atoms with Crippen molar-refractivity contribution in [1.29, 1.82) is 0 Å². The Bertz CT molecular complexity index is 715. The van der Waals surface area contributed by atoms with Crippen molar-refractivity contribution in [3.63, 3.8) is 0 Å². The predicted octanol–water partition coefficient (Wildman–Crippen LogP) is 1.39. The van der Waals surface area contributed by atoms with Crippen molar-refractivity contribution in [1.82, 2.24) is 15.5 Å². The minimum atomic E-state index is -1.06. The van der Waals surface area contributed by atoms with Gasteiger partial charge in [-0.3, -0.25) is 4.79 Å². The molecule has 0 aliphatic carbocycles. The highest BCUT2D eigenvalue weighted by molar-refractivity contribution is 5.94. The molecule has 0 radical (unpaired) electrons. The van der Waals surface area contributed by atoms with E-state index in [0.29, 0.717) is 34.2 Å². The van der Waals surface area contributed by atoms with Gasteiger partial charge in [0.25, 0.3) is 5.91 Å². The largest absolute Gasteiger partial charge is 0.481 e. The number of aromatic nitrogens is 2. The summed E-state index contributed by atoms with van der Waals surface area (Å²) in [5.41, 5.74) is 1.81. The summed E-state index contributed by atoms with van der Waals surface area (Å²) in [4.78, 5) is 26.8. The molecule has 0 aliphatic rings. The van der Waals surface area contributed by atoms with Gasteiger partial charge < -0.3 is 19.7 Å². The molecule has 2 rings (SSSR count). The first kappa shape index (κ1) is 16.5. The Balaban J connectivity index is 2.07. The molecule has 0 saturated carbocycles. The van der Waals surface area contributed by atoms with Crippen molar-refractivity contribution in [3.8, 4) is 5.75 Å². The van der Waals surface area contributed by atoms with Crippen molar-refractivity contribution in [3.05, 3.63) is 40.5 Å². The van der Waals surface area contributed by atoms with Crippen LogP contribution < -0.4 is 10.1 Å². The highest BCUT2D eigenvalue weighted by Gasteiger charge is 2.13. The first-order chi connectivity index (χ1) is 10.9. The second-order valence-corrected chi connectivity index (χ2v) is 5.04. The van der Waals surface area contributed by atoms with Crippen LogP contribution in [0, 0.1) is 20.8 Å². The first-order valence-corrected chi connectivity index (χ1v) is 6.90. The molecule has 2 aromatic rings. The molecule has 1 aromatic carbocycles. The number of hydrogen-bond acceptors (Lipinski definition) is 6. The summed E-state index contributed by atoms with van der Waals surface area (Å²) in [7, 11) is 0. The van der Waals surface area contributed by atoms with Crippen LogP contribution in [0.2, 0.25) is 0 Å². The number of benzene rings is 1. The first-order valence-electron chi connectivity index (χ1n) is 6.90. The molecule has 0 bridgehead atoms. The van der Waals surface area contributed by atoms with Crippen LogP contribution in [-0.2, 0) is 11.3 Å². The zero-order valence-corrected chi connectivity index (χ0v) is 13.0. The highest BCUT2D eigenvalue weighted by Crippen LogP contribution is 2.24. The number of nitrogens with one attached hydrogen (secondary N) is 1. The van der Waals surface area contributed by atoms with Crippen LogP contribution in [0.5, 0.6) is 5.75 Å². The Kier molecular flexibility index (Phi) is 4.95. The van der Waals surface area contributed by atoms with E-state index in [1.807, 2.05) is 0 Å². The Morgan fingerprint density at radius 1 is 1.26 bits per heavy atom. The topological polar surface area (TPSA) is 115 Å². The maximum Gasteiger partial charge on any atom is 0.341 e. The molecule has 0 aliphatic heterocycles. The van der Waals surface area contributed by atoms with Gasteiger partial charge in [-0.2, -0.15) is 4.98 Å². The molecule has 23 heavy (non-hydrogen) atoms. The lowest BCUT2D eigenvalue weighted by molar-refractivity contribution is -0.139. The standard InChI is InChI=1S/C15H17N3O5/c1-8-4-11(5-9(2)14(8)22-7-13(19)20)15(21)16-6-12-17-10(3)18-23-12/h4-5H,6-7H2,1-3H3,(H,16,21)(H,19,20). The van der Waals surface area contributed by atoms with Gasteiger partial charge in [-0.05, 0) is 44.0 Å².